The van der Waals surface area contributed by atoms with E-state index in [-0.39, 0.29) is 0 Å². The number of hydrogen-bond donors (Lipinski definition) is 0. The van der Waals surface area contributed by atoms with Gasteiger partial charge in [-0.25, -0.2) is 0 Å². The number of hydrogen-bond acceptors (Lipinski definition) is 3. The van der Waals surface area contributed by atoms with Gasteiger partial charge in [-0.15, -0.1) is 0 Å². The van der Waals surface area contributed by atoms with Crippen LogP contribution in [0.1, 0.15) is 24.5 Å². The van der Waals surface area contributed by atoms with E-state index in [4.69, 9.17) is 4.74 Å². The summed E-state index contributed by atoms with van der Waals surface area (Å²) in [5, 5.41) is 0. The lowest BCUT2D eigenvalue weighted by atomic mass is 10.1. The molecule has 0 saturated carbocycles. The number of nitrogens with zero attached hydrogens (tertiary/aromatic N) is 2. The maximum absolute atomic E-state index is 5.46. The first-order valence-electron chi connectivity index (χ1n) is 7.97. The molecule has 3 nitrogen and oxygen atoms in total. The van der Waals surface area contributed by atoms with Gasteiger partial charge in [0.15, 0.2) is 0 Å². The van der Waals surface area contributed by atoms with Crippen molar-refractivity contribution in [3.8, 4) is 0 Å². The van der Waals surface area contributed by atoms with Gasteiger partial charge in [-0.2, -0.15) is 0 Å². The molecule has 2 aliphatic heterocycles. The number of ether oxygens (including phenoxy) is 1. The van der Waals surface area contributed by atoms with Gasteiger partial charge in [-0.1, -0.05) is 31.2 Å². The van der Waals surface area contributed by atoms with Gasteiger partial charge in [0.25, 0.3) is 0 Å². The second-order valence-electron chi connectivity index (χ2n) is 5.95. The highest BCUT2D eigenvalue weighted by Gasteiger charge is 2.28. The van der Waals surface area contributed by atoms with E-state index in [1.807, 2.05) is 0 Å². The number of benzene rings is 1. The zero-order valence-electron chi connectivity index (χ0n) is 12.6. The van der Waals surface area contributed by atoms with Gasteiger partial charge in [0.05, 0.1) is 13.2 Å². The molecule has 3 rings (SSSR count). The van der Waals surface area contributed by atoms with Crippen LogP contribution in [-0.2, 0) is 17.7 Å². The summed E-state index contributed by atoms with van der Waals surface area (Å²) in [6.07, 6.45) is 2.45. The summed E-state index contributed by atoms with van der Waals surface area (Å²) in [5.74, 6) is 0. The predicted molar refractivity (Wildman–Crippen MR) is 81.9 cm³/mol. The predicted octanol–water partition coefficient (Wildman–Crippen LogP) is 2.16. The van der Waals surface area contributed by atoms with Crippen LogP contribution >= 0.6 is 0 Å². The van der Waals surface area contributed by atoms with Crippen LogP contribution < -0.4 is 0 Å². The first-order chi connectivity index (χ1) is 9.86. The summed E-state index contributed by atoms with van der Waals surface area (Å²) in [7, 11) is 0. The van der Waals surface area contributed by atoms with Crippen molar-refractivity contribution in [2.75, 3.05) is 39.4 Å². The molecular weight excluding hydrogens is 248 g/mol. The average molecular weight is 274 g/mol. The Bertz CT molecular complexity index is 429. The monoisotopic (exact) mass is 274 g/mol. The van der Waals surface area contributed by atoms with Gasteiger partial charge in [0.2, 0.25) is 0 Å². The van der Waals surface area contributed by atoms with Crippen molar-refractivity contribution in [1.82, 2.24) is 9.80 Å². The van der Waals surface area contributed by atoms with Crippen molar-refractivity contribution < 1.29 is 4.74 Å². The van der Waals surface area contributed by atoms with E-state index < -0.39 is 0 Å². The maximum atomic E-state index is 5.46. The SMILES string of the molecule is CCc1ccccc1CN1CC[C@H](N2CCOCC2)C1. The average Bonchev–Trinajstić information content (AvgIpc) is 2.97. The van der Waals surface area contributed by atoms with Gasteiger partial charge in [0.1, 0.15) is 0 Å². The fraction of sp³-hybridized carbons (Fsp3) is 0.647. The summed E-state index contributed by atoms with van der Waals surface area (Å²) in [6, 6.07) is 9.63. The van der Waals surface area contributed by atoms with Gasteiger partial charge in [-0.05, 0) is 24.0 Å². The highest BCUT2D eigenvalue weighted by atomic mass is 16.5. The molecule has 1 aromatic rings. The fourth-order valence-corrected chi connectivity index (χ4v) is 3.49. The molecule has 110 valence electrons. The van der Waals surface area contributed by atoms with Crippen LogP contribution in [0.2, 0.25) is 0 Å². The quantitative estimate of drug-likeness (QED) is 0.837. The Kier molecular flexibility index (Phi) is 4.71. The Morgan fingerprint density at radius 1 is 1.10 bits per heavy atom. The van der Waals surface area contributed by atoms with Crippen molar-refractivity contribution in [1.29, 1.82) is 0 Å². The topological polar surface area (TPSA) is 15.7 Å². The molecule has 1 atom stereocenters. The second kappa shape index (κ2) is 6.70. The summed E-state index contributed by atoms with van der Waals surface area (Å²) in [4.78, 5) is 5.24. The number of likely N-dealkylation sites (tertiary alicyclic amines) is 1. The van der Waals surface area contributed by atoms with Crippen LogP contribution in [0, 0.1) is 0 Å². The van der Waals surface area contributed by atoms with E-state index in [2.05, 4.69) is 41.0 Å². The molecule has 0 N–H and O–H groups in total. The van der Waals surface area contributed by atoms with Crippen LogP contribution in [0.25, 0.3) is 0 Å². The third kappa shape index (κ3) is 3.22. The van der Waals surface area contributed by atoms with E-state index in [9.17, 15) is 0 Å². The minimum absolute atomic E-state index is 0.743. The van der Waals surface area contributed by atoms with Crippen molar-refractivity contribution in [2.24, 2.45) is 0 Å². The molecule has 2 aliphatic rings. The first kappa shape index (κ1) is 14.1. The van der Waals surface area contributed by atoms with Gasteiger partial charge < -0.3 is 4.74 Å². The minimum atomic E-state index is 0.743. The normalized spacial score (nSPS) is 25.1. The molecule has 0 bridgehead atoms. The van der Waals surface area contributed by atoms with Crippen molar-refractivity contribution in [2.45, 2.75) is 32.4 Å². The zero-order chi connectivity index (χ0) is 13.8. The molecule has 1 aromatic carbocycles. The lowest BCUT2D eigenvalue weighted by Crippen LogP contribution is -2.44. The fourth-order valence-electron chi connectivity index (χ4n) is 3.49. The molecule has 3 heteroatoms. The van der Waals surface area contributed by atoms with Crippen LogP contribution in [-0.4, -0.2) is 55.2 Å². The highest BCUT2D eigenvalue weighted by molar-refractivity contribution is 5.27. The molecule has 0 aliphatic carbocycles. The van der Waals surface area contributed by atoms with Crippen LogP contribution in [0.4, 0.5) is 0 Å². The Morgan fingerprint density at radius 3 is 2.60 bits per heavy atom. The molecule has 0 radical (unpaired) electrons. The summed E-state index contributed by atoms with van der Waals surface area (Å²) < 4.78 is 5.46. The van der Waals surface area contributed by atoms with Crippen molar-refractivity contribution in [3.05, 3.63) is 35.4 Å². The number of morpholine rings is 1. The highest BCUT2D eigenvalue weighted by Crippen LogP contribution is 2.20. The molecule has 2 heterocycles. The zero-order valence-corrected chi connectivity index (χ0v) is 12.6. The molecule has 0 aromatic heterocycles. The minimum Gasteiger partial charge on any atom is -0.379 e. The maximum Gasteiger partial charge on any atom is 0.0594 e. The molecule has 0 spiro atoms. The smallest absolute Gasteiger partial charge is 0.0594 e. The van der Waals surface area contributed by atoms with Crippen LogP contribution in [0.5, 0.6) is 0 Å². The van der Waals surface area contributed by atoms with E-state index >= 15 is 0 Å². The van der Waals surface area contributed by atoms with Crippen LogP contribution in [0.15, 0.2) is 24.3 Å². The summed E-state index contributed by atoms with van der Waals surface area (Å²) in [5.41, 5.74) is 3.01. The standard InChI is InChI=1S/C17H26N2O/c1-2-15-5-3-4-6-16(15)13-18-8-7-17(14-18)19-9-11-20-12-10-19/h3-6,17H,2,7-14H2,1H3/t17-/m0/s1. The molecule has 0 unspecified atom stereocenters. The Labute approximate surface area is 122 Å². The lowest BCUT2D eigenvalue weighted by Gasteiger charge is -2.32. The van der Waals surface area contributed by atoms with Gasteiger partial charge in [-0.3, -0.25) is 9.80 Å². The Balaban J connectivity index is 1.57. The molecule has 2 fully saturated rings. The molecule has 2 saturated heterocycles. The Morgan fingerprint density at radius 2 is 1.85 bits per heavy atom. The second-order valence-corrected chi connectivity index (χ2v) is 5.95. The summed E-state index contributed by atoms with van der Waals surface area (Å²) >= 11 is 0. The van der Waals surface area contributed by atoms with E-state index in [1.165, 1.54) is 30.6 Å². The Hall–Kier alpha value is -0.900. The third-order valence-corrected chi connectivity index (χ3v) is 4.70. The van der Waals surface area contributed by atoms with Crippen molar-refractivity contribution >= 4 is 0 Å². The molecule has 0 amide bonds. The van der Waals surface area contributed by atoms with E-state index in [0.717, 1.165) is 45.3 Å². The largest absolute Gasteiger partial charge is 0.379 e. The van der Waals surface area contributed by atoms with Gasteiger partial charge in [0, 0.05) is 38.8 Å². The molecule has 20 heavy (non-hydrogen) atoms. The summed E-state index contributed by atoms with van der Waals surface area (Å²) in [6.45, 7) is 9.88. The van der Waals surface area contributed by atoms with Gasteiger partial charge >= 0.3 is 0 Å². The third-order valence-electron chi connectivity index (χ3n) is 4.70. The van der Waals surface area contributed by atoms with E-state index in [1.54, 1.807) is 0 Å². The van der Waals surface area contributed by atoms with Crippen LogP contribution in [0.3, 0.4) is 0 Å². The lowest BCUT2D eigenvalue weighted by molar-refractivity contribution is 0.0184. The first-order valence-corrected chi connectivity index (χ1v) is 7.97. The van der Waals surface area contributed by atoms with E-state index in [0.29, 0.717) is 0 Å². The molecular formula is C17H26N2O. The number of rotatable bonds is 4. The van der Waals surface area contributed by atoms with Crippen molar-refractivity contribution in [3.63, 3.8) is 0 Å². The number of aryl methyl sites for hydroxylation is 1.